The molecule has 2 nitrogen and oxygen atoms in total. The van der Waals surface area contributed by atoms with Gasteiger partial charge in [-0.2, -0.15) is 0 Å². The Labute approximate surface area is 232 Å². The SMILES string of the molecule is CCCCCCC(CCCCCC)CN(CC(CCCCCC)CCCCCC)c1ccc(C=O)cc1. The van der Waals surface area contributed by atoms with Gasteiger partial charge in [0.05, 0.1) is 0 Å². The molecule has 214 valence electrons. The normalized spacial score (nSPS) is 11.5. The molecule has 0 bridgehead atoms. The van der Waals surface area contributed by atoms with Crippen LogP contribution in [0.1, 0.15) is 166 Å². The maximum absolute atomic E-state index is 11.3. The van der Waals surface area contributed by atoms with E-state index in [-0.39, 0.29) is 0 Å². The second kappa shape index (κ2) is 23.8. The summed E-state index contributed by atoms with van der Waals surface area (Å²) in [5, 5.41) is 0. The number of nitrogens with zero attached hydrogens (tertiary/aromatic N) is 1. The minimum absolute atomic E-state index is 0.778. The summed E-state index contributed by atoms with van der Waals surface area (Å²) in [7, 11) is 0. The molecule has 0 heterocycles. The Morgan fingerprint density at radius 2 is 0.892 bits per heavy atom. The standard InChI is InChI=1S/C35H63NO/c1-5-9-13-17-21-32(22-18-14-10-6-2)29-36(35-27-25-34(31-37)26-28-35)30-33(23-19-15-11-7-3)24-20-16-12-8-4/h25-28,31-33H,5-24,29-30H2,1-4H3. The molecule has 0 atom stereocenters. The molecule has 1 rings (SSSR count). The first-order valence-corrected chi connectivity index (χ1v) is 16.5. The van der Waals surface area contributed by atoms with Gasteiger partial charge in [-0.1, -0.05) is 130 Å². The molecule has 1 aromatic carbocycles. The van der Waals surface area contributed by atoms with Gasteiger partial charge < -0.3 is 4.90 Å². The lowest BCUT2D eigenvalue weighted by atomic mass is 9.91. The highest BCUT2D eigenvalue weighted by molar-refractivity contribution is 5.75. The van der Waals surface area contributed by atoms with Crippen LogP contribution in [0.4, 0.5) is 5.69 Å². The van der Waals surface area contributed by atoms with Crippen LogP contribution in [0.3, 0.4) is 0 Å². The summed E-state index contributed by atoms with van der Waals surface area (Å²) in [6.07, 6.45) is 28.2. The summed E-state index contributed by atoms with van der Waals surface area (Å²) in [5.74, 6) is 1.56. The Morgan fingerprint density at radius 3 is 1.19 bits per heavy atom. The van der Waals surface area contributed by atoms with Crippen molar-refractivity contribution in [3.8, 4) is 0 Å². The fourth-order valence-corrected chi connectivity index (χ4v) is 5.77. The van der Waals surface area contributed by atoms with Crippen LogP contribution in [0.2, 0.25) is 0 Å². The lowest BCUT2D eigenvalue weighted by molar-refractivity contribution is 0.112. The fraction of sp³-hybridized carbons (Fsp3) is 0.800. The topological polar surface area (TPSA) is 20.3 Å². The van der Waals surface area contributed by atoms with Crippen LogP contribution in [0.25, 0.3) is 0 Å². The molecule has 0 amide bonds. The van der Waals surface area contributed by atoms with Gasteiger partial charge in [0.15, 0.2) is 0 Å². The van der Waals surface area contributed by atoms with Crippen molar-refractivity contribution in [3.05, 3.63) is 29.8 Å². The summed E-state index contributed by atoms with van der Waals surface area (Å²) in [6, 6.07) is 8.45. The van der Waals surface area contributed by atoms with Crippen molar-refractivity contribution in [3.63, 3.8) is 0 Å². The molecule has 0 saturated carbocycles. The molecule has 0 saturated heterocycles. The number of benzene rings is 1. The molecule has 0 fully saturated rings. The molecule has 37 heavy (non-hydrogen) atoms. The minimum atomic E-state index is 0.778. The summed E-state index contributed by atoms with van der Waals surface area (Å²) in [6.45, 7) is 11.6. The molecule has 0 aliphatic carbocycles. The number of carbonyl (C=O) groups is 1. The third-order valence-corrected chi connectivity index (χ3v) is 8.22. The van der Waals surface area contributed by atoms with Gasteiger partial charge in [-0.3, -0.25) is 4.79 Å². The smallest absolute Gasteiger partial charge is 0.150 e. The zero-order chi connectivity index (χ0) is 27.0. The van der Waals surface area contributed by atoms with E-state index in [9.17, 15) is 4.79 Å². The second-order valence-corrected chi connectivity index (χ2v) is 11.7. The Kier molecular flexibility index (Phi) is 21.7. The van der Waals surface area contributed by atoms with E-state index in [1.165, 1.54) is 147 Å². The van der Waals surface area contributed by atoms with Gasteiger partial charge in [-0.05, 0) is 61.8 Å². The van der Waals surface area contributed by atoms with Crippen LogP contribution in [-0.2, 0) is 0 Å². The van der Waals surface area contributed by atoms with Crippen molar-refractivity contribution in [2.24, 2.45) is 11.8 Å². The molecular weight excluding hydrogens is 450 g/mol. The molecular formula is C35H63NO. The van der Waals surface area contributed by atoms with E-state index in [2.05, 4.69) is 44.7 Å². The third-order valence-electron chi connectivity index (χ3n) is 8.22. The number of unbranched alkanes of at least 4 members (excludes halogenated alkanes) is 12. The van der Waals surface area contributed by atoms with Crippen molar-refractivity contribution in [2.75, 3.05) is 18.0 Å². The Balaban J connectivity index is 2.99. The van der Waals surface area contributed by atoms with E-state index >= 15 is 0 Å². The monoisotopic (exact) mass is 513 g/mol. The van der Waals surface area contributed by atoms with Crippen molar-refractivity contribution in [1.82, 2.24) is 0 Å². The van der Waals surface area contributed by atoms with E-state index in [1.54, 1.807) is 0 Å². The van der Waals surface area contributed by atoms with Gasteiger partial charge in [0.2, 0.25) is 0 Å². The number of aldehydes is 1. The predicted octanol–water partition coefficient (Wildman–Crippen LogP) is 11.4. The molecule has 0 spiro atoms. The molecule has 0 aromatic heterocycles. The first-order valence-electron chi connectivity index (χ1n) is 16.5. The van der Waals surface area contributed by atoms with E-state index in [1.807, 2.05) is 12.1 Å². The van der Waals surface area contributed by atoms with Crippen molar-refractivity contribution in [2.45, 2.75) is 156 Å². The average molecular weight is 514 g/mol. The van der Waals surface area contributed by atoms with E-state index in [0.29, 0.717) is 0 Å². The number of carbonyl (C=O) groups excluding carboxylic acids is 1. The fourth-order valence-electron chi connectivity index (χ4n) is 5.77. The molecule has 1 aromatic rings. The summed E-state index contributed by atoms with van der Waals surface area (Å²) < 4.78 is 0. The largest absolute Gasteiger partial charge is 0.371 e. The Hall–Kier alpha value is -1.31. The predicted molar refractivity (Wildman–Crippen MR) is 166 cm³/mol. The molecule has 0 aliphatic rings. The Morgan fingerprint density at radius 1 is 0.541 bits per heavy atom. The maximum Gasteiger partial charge on any atom is 0.150 e. The van der Waals surface area contributed by atoms with Crippen LogP contribution >= 0.6 is 0 Å². The van der Waals surface area contributed by atoms with Crippen LogP contribution in [0.5, 0.6) is 0 Å². The second-order valence-electron chi connectivity index (χ2n) is 11.7. The highest BCUT2D eigenvalue weighted by Crippen LogP contribution is 2.27. The minimum Gasteiger partial charge on any atom is -0.371 e. The first kappa shape index (κ1) is 33.7. The van der Waals surface area contributed by atoms with Crippen molar-refractivity contribution >= 4 is 12.0 Å². The van der Waals surface area contributed by atoms with Crippen LogP contribution in [-0.4, -0.2) is 19.4 Å². The zero-order valence-electron chi connectivity index (χ0n) is 25.5. The third kappa shape index (κ3) is 17.0. The van der Waals surface area contributed by atoms with Gasteiger partial charge >= 0.3 is 0 Å². The lowest BCUT2D eigenvalue weighted by Crippen LogP contribution is -2.34. The van der Waals surface area contributed by atoms with Gasteiger partial charge in [0.1, 0.15) is 6.29 Å². The quantitative estimate of drug-likeness (QED) is 0.0906. The number of anilines is 1. The average Bonchev–Trinajstić information content (AvgIpc) is 2.92. The van der Waals surface area contributed by atoms with Crippen LogP contribution in [0.15, 0.2) is 24.3 Å². The number of hydrogen-bond acceptors (Lipinski definition) is 2. The van der Waals surface area contributed by atoms with Crippen LogP contribution < -0.4 is 4.90 Å². The van der Waals surface area contributed by atoms with Gasteiger partial charge in [-0.25, -0.2) is 0 Å². The summed E-state index contributed by atoms with van der Waals surface area (Å²) >= 11 is 0. The first-order chi connectivity index (χ1) is 18.2. The maximum atomic E-state index is 11.3. The van der Waals surface area contributed by atoms with E-state index < -0.39 is 0 Å². The van der Waals surface area contributed by atoms with Gasteiger partial charge in [0, 0.05) is 24.3 Å². The van der Waals surface area contributed by atoms with Gasteiger partial charge in [-0.15, -0.1) is 0 Å². The van der Waals surface area contributed by atoms with E-state index in [0.717, 1.165) is 23.7 Å². The molecule has 0 aliphatic heterocycles. The lowest BCUT2D eigenvalue weighted by Gasteiger charge is -2.33. The van der Waals surface area contributed by atoms with Gasteiger partial charge in [0.25, 0.3) is 0 Å². The summed E-state index contributed by atoms with van der Waals surface area (Å²) in [5.41, 5.74) is 2.11. The number of rotatable bonds is 26. The van der Waals surface area contributed by atoms with Crippen LogP contribution in [0, 0.1) is 11.8 Å². The molecule has 2 heteroatoms. The highest BCUT2D eigenvalue weighted by Gasteiger charge is 2.19. The van der Waals surface area contributed by atoms with E-state index in [4.69, 9.17) is 0 Å². The van der Waals surface area contributed by atoms with Crippen molar-refractivity contribution < 1.29 is 4.79 Å². The molecule has 0 radical (unpaired) electrons. The molecule has 0 N–H and O–H groups in total. The van der Waals surface area contributed by atoms with Crippen molar-refractivity contribution in [1.29, 1.82) is 0 Å². The molecule has 0 unspecified atom stereocenters. The highest BCUT2D eigenvalue weighted by atomic mass is 16.1. The summed E-state index contributed by atoms with van der Waals surface area (Å²) in [4.78, 5) is 14.0. The number of hydrogen-bond donors (Lipinski definition) is 0. The Bertz CT molecular complexity index is 571. The zero-order valence-corrected chi connectivity index (χ0v) is 25.5.